The second kappa shape index (κ2) is 9.56. The molecule has 38 heavy (non-hydrogen) atoms. The number of benzene rings is 2. The molecule has 0 saturated carbocycles. The van der Waals surface area contributed by atoms with Gasteiger partial charge < -0.3 is 18.8 Å². The van der Waals surface area contributed by atoms with Crippen LogP contribution in [0.25, 0.3) is 11.0 Å². The lowest BCUT2D eigenvalue weighted by Crippen LogP contribution is -2.35. The highest BCUT2D eigenvalue weighted by Gasteiger charge is 2.42. The molecule has 7 nitrogen and oxygen atoms in total. The smallest absolute Gasteiger partial charge is 0.292 e. The minimum Gasteiger partial charge on any atom is -0.443 e. The molecule has 2 atom stereocenters. The number of pyridine rings is 1. The fourth-order valence-corrected chi connectivity index (χ4v) is 6.01. The quantitative estimate of drug-likeness (QED) is 0.309. The Kier molecular flexibility index (Phi) is 6.02. The Morgan fingerprint density at radius 1 is 1.00 bits per heavy atom. The molecule has 0 unspecified atom stereocenters. The molecule has 5 heterocycles. The lowest BCUT2D eigenvalue weighted by molar-refractivity contribution is -0.0722. The predicted octanol–water partition coefficient (Wildman–Crippen LogP) is 5.90. The molecule has 0 N–H and O–H groups in total. The summed E-state index contributed by atoms with van der Waals surface area (Å²) >= 11 is 6.04. The number of hydrogen-bond acceptors (Lipinski definition) is 6. The molecule has 0 amide bonds. The number of ether oxygens (including phenoxy) is 3. The van der Waals surface area contributed by atoms with Crippen LogP contribution in [0.3, 0.4) is 0 Å². The Balaban J connectivity index is 1.06. The Bertz CT molecular complexity index is 1460. The fourth-order valence-electron chi connectivity index (χ4n) is 5.90. The molecule has 3 aliphatic heterocycles. The summed E-state index contributed by atoms with van der Waals surface area (Å²) in [5.41, 5.74) is 4.18. The van der Waals surface area contributed by atoms with Gasteiger partial charge in [0.1, 0.15) is 11.5 Å². The van der Waals surface area contributed by atoms with Gasteiger partial charge in [0.25, 0.3) is 5.79 Å². The van der Waals surface area contributed by atoms with Crippen LogP contribution in [0.1, 0.15) is 49.2 Å². The molecule has 196 valence electrons. The summed E-state index contributed by atoms with van der Waals surface area (Å²) in [6, 6.07) is 18.3. The van der Waals surface area contributed by atoms with E-state index < -0.39 is 5.79 Å². The first-order valence-corrected chi connectivity index (χ1v) is 13.8. The average Bonchev–Trinajstić information content (AvgIpc) is 3.44. The first kappa shape index (κ1) is 23.9. The monoisotopic (exact) mass is 530 g/mol. The highest BCUT2D eigenvalue weighted by atomic mass is 35.5. The number of para-hydroxylation sites is 3. The summed E-state index contributed by atoms with van der Waals surface area (Å²) in [5, 5.41) is 0.590. The van der Waals surface area contributed by atoms with E-state index in [4.69, 9.17) is 30.8 Å². The number of aromatic nitrogens is 3. The average molecular weight is 531 g/mol. The molecule has 0 bridgehead atoms. The van der Waals surface area contributed by atoms with Gasteiger partial charge in [0.15, 0.2) is 11.5 Å². The zero-order chi connectivity index (χ0) is 25.7. The molecule has 2 saturated heterocycles. The second-order valence-electron chi connectivity index (χ2n) is 10.6. The summed E-state index contributed by atoms with van der Waals surface area (Å²) in [6.07, 6.45) is 5.16. The van der Waals surface area contributed by atoms with Gasteiger partial charge in [0.05, 0.1) is 35.2 Å². The van der Waals surface area contributed by atoms with Crippen molar-refractivity contribution in [3.63, 3.8) is 0 Å². The standard InChI is InChI=1S/C30H31ClN4O3/c1-30(27-10-9-21(31)17-32-27)37-26-8-4-5-23(29(26)38-30)20-11-14-34(15-12-20)19-28-33-24-6-2-3-7-25(24)35(28)18-22-13-16-36-22/h2-10,17,20,22H,11-16,18-19H2,1H3/t22-,30-/m0/s1. The van der Waals surface area contributed by atoms with Gasteiger partial charge in [-0.25, -0.2) is 4.98 Å². The van der Waals surface area contributed by atoms with Crippen molar-refractivity contribution in [3.05, 3.63) is 82.9 Å². The van der Waals surface area contributed by atoms with Crippen LogP contribution in [0.15, 0.2) is 60.8 Å². The minimum atomic E-state index is -0.965. The van der Waals surface area contributed by atoms with Crippen molar-refractivity contribution in [3.8, 4) is 11.5 Å². The number of nitrogens with zero attached hydrogens (tertiary/aromatic N) is 4. The zero-order valence-electron chi connectivity index (χ0n) is 21.5. The maximum atomic E-state index is 6.46. The summed E-state index contributed by atoms with van der Waals surface area (Å²) in [6.45, 7) is 6.52. The van der Waals surface area contributed by atoms with E-state index in [9.17, 15) is 0 Å². The van der Waals surface area contributed by atoms with Crippen LogP contribution in [0.2, 0.25) is 5.02 Å². The summed E-state index contributed by atoms with van der Waals surface area (Å²) in [7, 11) is 0. The van der Waals surface area contributed by atoms with Crippen LogP contribution in [0.4, 0.5) is 0 Å². The van der Waals surface area contributed by atoms with E-state index in [-0.39, 0.29) is 0 Å². The van der Waals surface area contributed by atoms with Gasteiger partial charge in [-0.1, -0.05) is 35.9 Å². The van der Waals surface area contributed by atoms with Gasteiger partial charge >= 0.3 is 0 Å². The van der Waals surface area contributed by atoms with Gasteiger partial charge in [-0.3, -0.25) is 9.88 Å². The SMILES string of the molecule is C[C@]1(c2ccc(Cl)cn2)Oc2cccc(C3CCN(Cc4nc5ccccc5n4C[C@@H]4CCO4)CC3)c2O1. The van der Waals surface area contributed by atoms with Gasteiger partial charge in [-0.05, 0) is 68.6 Å². The van der Waals surface area contributed by atoms with Crippen LogP contribution in [0.5, 0.6) is 11.5 Å². The van der Waals surface area contributed by atoms with Gasteiger partial charge in [0, 0.05) is 25.3 Å². The molecule has 3 aliphatic rings. The molecule has 7 rings (SSSR count). The Morgan fingerprint density at radius 2 is 1.84 bits per heavy atom. The van der Waals surface area contributed by atoms with Gasteiger partial charge in [-0.15, -0.1) is 0 Å². The molecule has 8 heteroatoms. The Labute approximate surface area is 227 Å². The van der Waals surface area contributed by atoms with Crippen molar-refractivity contribution < 1.29 is 14.2 Å². The summed E-state index contributed by atoms with van der Waals surface area (Å²) in [5.74, 6) is 2.19. The third-order valence-corrected chi connectivity index (χ3v) is 8.33. The lowest BCUT2D eigenvalue weighted by atomic mass is 9.88. The molecule has 4 aromatic rings. The number of rotatable bonds is 6. The van der Waals surface area contributed by atoms with Crippen molar-refractivity contribution in [2.24, 2.45) is 0 Å². The van der Waals surface area contributed by atoms with E-state index in [0.29, 0.717) is 22.7 Å². The van der Waals surface area contributed by atoms with Gasteiger partial charge in [-0.2, -0.15) is 0 Å². The van der Waals surface area contributed by atoms with Crippen molar-refractivity contribution in [1.82, 2.24) is 19.4 Å². The molecular weight excluding hydrogens is 500 g/mol. The first-order chi connectivity index (χ1) is 18.6. The van der Waals surface area contributed by atoms with E-state index in [1.54, 1.807) is 6.20 Å². The van der Waals surface area contributed by atoms with Crippen molar-refractivity contribution >= 4 is 22.6 Å². The zero-order valence-corrected chi connectivity index (χ0v) is 22.2. The van der Waals surface area contributed by atoms with Crippen molar-refractivity contribution in [2.75, 3.05) is 19.7 Å². The summed E-state index contributed by atoms with van der Waals surface area (Å²) < 4.78 is 20.9. The normalized spacial score (nSPS) is 23.6. The molecule has 0 spiro atoms. The third-order valence-electron chi connectivity index (χ3n) is 8.11. The van der Waals surface area contributed by atoms with E-state index >= 15 is 0 Å². The molecular formula is C30H31ClN4O3. The van der Waals surface area contributed by atoms with Crippen LogP contribution < -0.4 is 9.47 Å². The molecule has 0 radical (unpaired) electrons. The largest absolute Gasteiger partial charge is 0.443 e. The topological polar surface area (TPSA) is 61.6 Å². The van der Waals surface area contributed by atoms with Crippen molar-refractivity contribution in [2.45, 2.75) is 57.1 Å². The number of piperidine rings is 1. The molecule has 0 aliphatic carbocycles. The van der Waals surface area contributed by atoms with E-state index in [0.717, 1.165) is 74.9 Å². The molecule has 2 aromatic heterocycles. The minimum absolute atomic E-state index is 0.299. The van der Waals surface area contributed by atoms with Crippen molar-refractivity contribution in [1.29, 1.82) is 0 Å². The van der Waals surface area contributed by atoms with E-state index in [2.05, 4.69) is 50.8 Å². The second-order valence-corrected chi connectivity index (χ2v) is 11.1. The van der Waals surface area contributed by atoms with Crippen LogP contribution in [-0.2, 0) is 23.6 Å². The number of halogens is 1. The third kappa shape index (κ3) is 4.32. The van der Waals surface area contributed by atoms with E-state index in [1.807, 2.05) is 25.1 Å². The highest BCUT2D eigenvalue weighted by Crippen LogP contribution is 2.49. The number of likely N-dealkylation sites (tertiary alicyclic amines) is 1. The Morgan fingerprint density at radius 3 is 2.61 bits per heavy atom. The maximum Gasteiger partial charge on any atom is 0.292 e. The first-order valence-electron chi connectivity index (χ1n) is 13.5. The number of hydrogen-bond donors (Lipinski definition) is 0. The fraction of sp³-hybridized carbons (Fsp3) is 0.400. The number of imidazole rings is 1. The summed E-state index contributed by atoms with van der Waals surface area (Å²) in [4.78, 5) is 12.0. The Hall–Kier alpha value is -3.13. The highest BCUT2D eigenvalue weighted by molar-refractivity contribution is 6.30. The predicted molar refractivity (Wildman–Crippen MR) is 146 cm³/mol. The van der Waals surface area contributed by atoms with Crippen LogP contribution in [-0.4, -0.2) is 45.2 Å². The van der Waals surface area contributed by atoms with Crippen LogP contribution >= 0.6 is 11.6 Å². The maximum absolute atomic E-state index is 6.46. The molecule has 2 fully saturated rings. The van der Waals surface area contributed by atoms with E-state index in [1.165, 1.54) is 11.1 Å². The van der Waals surface area contributed by atoms with Gasteiger partial charge in [0.2, 0.25) is 0 Å². The molecule has 2 aromatic carbocycles. The van der Waals surface area contributed by atoms with Crippen LogP contribution in [0, 0.1) is 0 Å². The lowest BCUT2D eigenvalue weighted by Gasteiger charge is -2.33. The number of fused-ring (bicyclic) bond motifs is 2.